The van der Waals surface area contributed by atoms with Crippen molar-refractivity contribution >= 4 is 37.6 Å². The number of aryl methyl sites for hydroxylation is 2. The normalized spacial score (nSPS) is 11.3. The number of nitrogens with zero attached hydrogens (tertiary/aromatic N) is 5. The van der Waals surface area contributed by atoms with Gasteiger partial charge in [0.1, 0.15) is 17.0 Å². The molecular formula is C12H13N5S. The Hall–Kier alpha value is -1.82. The van der Waals surface area contributed by atoms with Gasteiger partial charge in [-0.3, -0.25) is 0 Å². The zero-order valence-electron chi connectivity index (χ0n) is 10.7. The highest BCUT2D eigenvalue weighted by atomic mass is 32.1. The third-order valence-electron chi connectivity index (χ3n) is 3.07. The van der Waals surface area contributed by atoms with E-state index in [1.807, 2.05) is 25.9 Å². The van der Waals surface area contributed by atoms with Crippen LogP contribution < -0.4 is 4.90 Å². The summed E-state index contributed by atoms with van der Waals surface area (Å²) in [4.78, 5) is 11.7. The summed E-state index contributed by atoms with van der Waals surface area (Å²) in [7, 11) is 3.96. The van der Waals surface area contributed by atoms with Gasteiger partial charge in [0.15, 0.2) is 0 Å². The Kier molecular flexibility index (Phi) is 2.41. The van der Waals surface area contributed by atoms with Gasteiger partial charge in [0, 0.05) is 19.5 Å². The summed E-state index contributed by atoms with van der Waals surface area (Å²) in [5, 5.41) is 9.54. The standard InChI is InChI=1S/C12H13N5S/c1-6-7(2)15-16-12-8(6)9-10(18-12)11(17(3)4)14-5-13-9/h5H,1-4H3. The molecule has 0 atom stereocenters. The largest absolute Gasteiger partial charge is 0.361 e. The zero-order chi connectivity index (χ0) is 12.9. The average molecular weight is 259 g/mol. The van der Waals surface area contributed by atoms with Crippen molar-refractivity contribution in [3.63, 3.8) is 0 Å². The summed E-state index contributed by atoms with van der Waals surface area (Å²) in [6.45, 7) is 4.04. The lowest BCUT2D eigenvalue weighted by Gasteiger charge is -2.10. The minimum atomic E-state index is 0.928. The van der Waals surface area contributed by atoms with Gasteiger partial charge in [-0.2, -0.15) is 5.10 Å². The van der Waals surface area contributed by atoms with Crippen LogP contribution in [0.1, 0.15) is 11.3 Å². The zero-order valence-corrected chi connectivity index (χ0v) is 11.5. The van der Waals surface area contributed by atoms with Gasteiger partial charge in [0.05, 0.1) is 15.9 Å². The number of hydrogen-bond donors (Lipinski definition) is 0. The quantitative estimate of drug-likeness (QED) is 0.671. The number of anilines is 1. The van der Waals surface area contributed by atoms with E-state index < -0.39 is 0 Å². The minimum absolute atomic E-state index is 0.928. The Labute approximate surface area is 109 Å². The SMILES string of the molecule is Cc1nnc2sc3c(N(C)C)ncnc3c2c1C. The van der Waals surface area contributed by atoms with Gasteiger partial charge in [-0.25, -0.2) is 9.97 Å². The highest BCUT2D eigenvalue weighted by Gasteiger charge is 2.16. The summed E-state index contributed by atoms with van der Waals surface area (Å²) < 4.78 is 1.07. The molecule has 0 aromatic carbocycles. The van der Waals surface area contributed by atoms with Crippen molar-refractivity contribution in [1.29, 1.82) is 0 Å². The van der Waals surface area contributed by atoms with Crippen molar-refractivity contribution in [3.05, 3.63) is 17.6 Å². The molecule has 0 aliphatic carbocycles. The van der Waals surface area contributed by atoms with Crippen LogP contribution in [0.2, 0.25) is 0 Å². The van der Waals surface area contributed by atoms with Crippen LogP contribution in [-0.4, -0.2) is 34.3 Å². The van der Waals surface area contributed by atoms with E-state index in [0.29, 0.717) is 0 Å². The van der Waals surface area contributed by atoms with Crippen LogP contribution in [0.15, 0.2) is 6.33 Å². The van der Waals surface area contributed by atoms with Crippen LogP contribution in [0.3, 0.4) is 0 Å². The maximum atomic E-state index is 4.42. The molecule has 0 spiro atoms. The van der Waals surface area contributed by atoms with Crippen molar-refractivity contribution < 1.29 is 0 Å². The lowest BCUT2D eigenvalue weighted by Crippen LogP contribution is -2.10. The molecule has 3 heterocycles. The van der Waals surface area contributed by atoms with Crippen molar-refractivity contribution in [2.24, 2.45) is 0 Å². The molecule has 0 saturated carbocycles. The van der Waals surface area contributed by atoms with Crippen LogP contribution >= 0.6 is 11.3 Å². The van der Waals surface area contributed by atoms with Crippen LogP contribution in [0, 0.1) is 13.8 Å². The van der Waals surface area contributed by atoms with E-state index in [1.165, 1.54) is 0 Å². The lowest BCUT2D eigenvalue weighted by atomic mass is 10.1. The van der Waals surface area contributed by atoms with Gasteiger partial charge in [0.25, 0.3) is 0 Å². The smallest absolute Gasteiger partial charge is 0.149 e. The Morgan fingerprint density at radius 2 is 1.89 bits per heavy atom. The molecule has 3 rings (SSSR count). The molecule has 5 nitrogen and oxygen atoms in total. The number of thiophene rings is 1. The molecule has 0 bridgehead atoms. The summed E-state index contributed by atoms with van der Waals surface area (Å²) in [6, 6.07) is 0. The highest BCUT2D eigenvalue weighted by molar-refractivity contribution is 7.25. The lowest BCUT2D eigenvalue weighted by molar-refractivity contribution is 1.01. The van der Waals surface area contributed by atoms with Crippen LogP contribution in [0.25, 0.3) is 20.4 Å². The summed E-state index contributed by atoms with van der Waals surface area (Å²) in [6.07, 6.45) is 1.61. The molecule has 0 fully saturated rings. The molecule has 0 N–H and O–H groups in total. The fraction of sp³-hybridized carbons (Fsp3) is 0.333. The third kappa shape index (κ3) is 1.45. The number of aromatic nitrogens is 4. The number of rotatable bonds is 1. The first-order valence-corrected chi connectivity index (χ1v) is 6.45. The van der Waals surface area contributed by atoms with E-state index >= 15 is 0 Å². The van der Waals surface area contributed by atoms with Gasteiger partial charge < -0.3 is 4.90 Å². The first-order valence-electron chi connectivity index (χ1n) is 5.64. The van der Waals surface area contributed by atoms with E-state index in [0.717, 1.165) is 37.5 Å². The van der Waals surface area contributed by atoms with Crippen molar-refractivity contribution in [3.8, 4) is 0 Å². The molecule has 6 heteroatoms. The molecule has 18 heavy (non-hydrogen) atoms. The van der Waals surface area contributed by atoms with Gasteiger partial charge in [0.2, 0.25) is 0 Å². The summed E-state index contributed by atoms with van der Waals surface area (Å²) in [5.41, 5.74) is 3.08. The second-order valence-corrected chi connectivity index (χ2v) is 5.46. The van der Waals surface area contributed by atoms with Gasteiger partial charge >= 0.3 is 0 Å². The Morgan fingerprint density at radius 3 is 2.61 bits per heavy atom. The van der Waals surface area contributed by atoms with E-state index in [-0.39, 0.29) is 0 Å². The predicted molar refractivity (Wildman–Crippen MR) is 74.3 cm³/mol. The number of fused-ring (bicyclic) bond motifs is 3. The predicted octanol–water partition coefficient (Wildman–Crippen LogP) is 2.32. The minimum Gasteiger partial charge on any atom is -0.361 e. The molecule has 0 saturated heterocycles. The topological polar surface area (TPSA) is 54.8 Å². The maximum Gasteiger partial charge on any atom is 0.149 e. The van der Waals surface area contributed by atoms with Crippen molar-refractivity contribution in [2.45, 2.75) is 13.8 Å². The van der Waals surface area contributed by atoms with Gasteiger partial charge in [-0.1, -0.05) is 0 Å². The van der Waals surface area contributed by atoms with E-state index in [1.54, 1.807) is 17.7 Å². The molecule has 0 aliphatic rings. The van der Waals surface area contributed by atoms with E-state index in [9.17, 15) is 0 Å². The summed E-state index contributed by atoms with van der Waals surface area (Å²) >= 11 is 1.60. The van der Waals surface area contributed by atoms with Crippen molar-refractivity contribution in [2.75, 3.05) is 19.0 Å². The average Bonchev–Trinajstić information content (AvgIpc) is 2.72. The molecule has 3 aromatic heterocycles. The second-order valence-electron chi connectivity index (χ2n) is 4.46. The summed E-state index contributed by atoms with van der Waals surface area (Å²) in [5.74, 6) is 0.931. The maximum absolute atomic E-state index is 4.42. The fourth-order valence-corrected chi connectivity index (χ4v) is 3.19. The molecule has 0 radical (unpaired) electrons. The van der Waals surface area contributed by atoms with E-state index in [2.05, 4.69) is 27.1 Å². The Bertz CT molecular complexity index is 747. The first-order chi connectivity index (χ1) is 8.59. The molecule has 0 unspecified atom stereocenters. The monoisotopic (exact) mass is 259 g/mol. The van der Waals surface area contributed by atoms with Crippen LogP contribution in [0.5, 0.6) is 0 Å². The van der Waals surface area contributed by atoms with Crippen molar-refractivity contribution in [1.82, 2.24) is 20.2 Å². The van der Waals surface area contributed by atoms with Gasteiger partial charge in [-0.05, 0) is 19.4 Å². The number of hydrogen-bond acceptors (Lipinski definition) is 6. The highest BCUT2D eigenvalue weighted by Crippen LogP contribution is 2.37. The van der Waals surface area contributed by atoms with Crippen LogP contribution in [0.4, 0.5) is 5.82 Å². The third-order valence-corrected chi connectivity index (χ3v) is 4.13. The second kappa shape index (κ2) is 3.84. The van der Waals surface area contributed by atoms with Crippen LogP contribution in [-0.2, 0) is 0 Å². The fourth-order valence-electron chi connectivity index (χ4n) is 1.99. The molecule has 3 aromatic rings. The first kappa shape index (κ1) is 11.3. The molecule has 0 amide bonds. The Morgan fingerprint density at radius 1 is 1.11 bits per heavy atom. The van der Waals surface area contributed by atoms with E-state index in [4.69, 9.17) is 0 Å². The van der Waals surface area contributed by atoms with Gasteiger partial charge in [-0.15, -0.1) is 16.4 Å². The Balaban J connectivity index is 2.52. The molecule has 0 aliphatic heterocycles. The molecule has 92 valence electrons. The molecular weight excluding hydrogens is 246 g/mol.